The number of nitrogens with one attached hydrogen (secondary N) is 2. The second-order valence-corrected chi connectivity index (χ2v) is 4.62. The van der Waals surface area contributed by atoms with Gasteiger partial charge in [-0.1, -0.05) is 0 Å². The van der Waals surface area contributed by atoms with E-state index in [-0.39, 0.29) is 0 Å². The number of hydrogen-bond acceptors (Lipinski definition) is 4. The van der Waals surface area contributed by atoms with Crippen LogP contribution in [0.4, 0.5) is 0 Å². The average molecular weight is 246 g/mol. The average Bonchev–Trinajstić information content (AvgIpc) is 2.83. The highest BCUT2D eigenvalue weighted by molar-refractivity contribution is 5.71. The van der Waals surface area contributed by atoms with Gasteiger partial charge in [0, 0.05) is 18.5 Å². The van der Waals surface area contributed by atoms with Crippen LogP contribution in [-0.4, -0.2) is 34.6 Å². The number of aromatic amines is 1. The fourth-order valence-corrected chi connectivity index (χ4v) is 2.40. The van der Waals surface area contributed by atoms with Crippen molar-refractivity contribution in [2.45, 2.75) is 25.7 Å². The second kappa shape index (κ2) is 4.94. The van der Waals surface area contributed by atoms with E-state index >= 15 is 0 Å². The van der Waals surface area contributed by atoms with Crippen molar-refractivity contribution in [3.63, 3.8) is 0 Å². The minimum atomic E-state index is 0.475. The summed E-state index contributed by atoms with van der Waals surface area (Å²) in [6, 6.07) is 3.87. The van der Waals surface area contributed by atoms with Crippen molar-refractivity contribution < 1.29 is 4.74 Å². The molecule has 18 heavy (non-hydrogen) atoms. The van der Waals surface area contributed by atoms with Gasteiger partial charge in [0.05, 0.1) is 12.1 Å². The van der Waals surface area contributed by atoms with E-state index in [1.54, 1.807) is 0 Å². The number of imidazole rings is 1. The molecule has 0 radical (unpaired) electrons. The van der Waals surface area contributed by atoms with Crippen molar-refractivity contribution in [2.24, 2.45) is 0 Å². The largest absolute Gasteiger partial charge is 0.478 e. The van der Waals surface area contributed by atoms with Crippen LogP contribution >= 0.6 is 0 Å². The summed E-state index contributed by atoms with van der Waals surface area (Å²) < 4.78 is 5.39. The van der Waals surface area contributed by atoms with E-state index in [2.05, 4.69) is 20.3 Å². The van der Waals surface area contributed by atoms with Crippen LogP contribution in [0.25, 0.3) is 11.2 Å². The zero-order valence-electron chi connectivity index (χ0n) is 10.6. The van der Waals surface area contributed by atoms with E-state index in [0.29, 0.717) is 18.4 Å². The second-order valence-electron chi connectivity index (χ2n) is 4.62. The number of hydrogen-bond donors (Lipinski definition) is 2. The van der Waals surface area contributed by atoms with Crippen molar-refractivity contribution in [3.05, 3.63) is 18.0 Å². The van der Waals surface area contributed by atoms with Crippen LogP contribution in [0.3, 0.4) is 0 Å². The zero-order chi connectivity index (χ0) is 12.4. The summed E-state index contributed by atoms with van der Waals surface area (Å²) in [4.78, 5) is 12.4. The lowest BCUT2D eigenvalue weighted by molar-refractivity contribution is 0.328. The van der Waals surface area contributed by atoms with Crippen molar-refractivity contribution in [1.82, 2.24) is 20.3 Å². The minimum Gasteiger partial charge on any atom is -0.478 e. The molecule has 0 amide bonds. The van der Waals surface area contributed by atoms with Crippen LogP contribution in [0.5, 0.6) is 5.88 Å². The molecule has 5 heteroatoms. The normalized spacial score (nSPS) is 20.2. The smallest absolute Gasteiger partial charge is 0.215 e. The monoisotopic (exact) mass is 246 g/mol. The third kappa shape index (κ3) is 2.18. The first-order valence-electron chi connectivity index (χ1n) is 6.57. The maximum Gasteiger partial charge on any atom is 0.215 e. The number of aromatic nitrogens is 3. The van der Waals surface area contributed by atoms with Crippen LogP contribution < -0.4 is 10.1 Å². The predicted molar refractivity (Wildman–Crippen MR) is 69.9 cm³/mol. The third-order valence-corrected chi connectivity index (χ3v) is 3.31. The van der Waals surface area contributed by atoms with Gasteiger partial charge in [-0.15, -0.1) is 0 Å². The van der Waals surface area contributed by atoms with Gasteiger partial charge in [-0.05, 0) is 32.4 Å². The van der Waals surface area contributed by atoms with Crippen LogP contribution in [0.2, 0.25) is 0 Å². The molecule has 1 aliphatic heterocycles. The Hall–Kier alpha value is -1.62. The van der Waals surface area contributed by atoms with E-state index < -0.39 is 0 Å². The molecule has 0 saturated carbocycles. The highest BCUT2D eigenvalue weighted by Gasteiger charge is 2.18. The quantitative estimate of drug-likeness (QED) is 0.867. The molecule has 1 saturated heterocycles. The molecule has 0 aromatic carbocycles. The Morgan fingerprint density at radius 1 is 1.39 bits per heavy atom. The van der Waals surface area contributed by atoms with Gasteiger partial charge in [-0.3, -0.25) is 0 Å². The first-order chi connectivity index (χ1) is 8.86. The Bertz CT molecular complexity index is 531. The first-order valence-corrected chi connectivity index (χ1v) is 6.57. The van der Waals surface area contributed by atoms with Crippen molar-refractivity contribution in [1.29, 1.82) is 0 Å². The summed E-state index contributed by atoms with van der Waals surface area (Å²) in [6.07, 6.45) is 2.39. The number of fused-ring (bicyclic) bond motifs is 1. The summed E-state index contributed by atoms with van der Waals surface area (Å²) in [5.74, 6) is 2.16. The van der Waals surface area contributed by atoms with Crippen LogP contribution in [0, 0.1) is 0 Å². The Morgan fingerprint density at radius 3 is 3.11 bits per heavy atom. The summed E-state index contributed by atoms with van der Waals surface area (Å²) in [5, 5.41) is 3.40. The number of ether oxygens (including phenoxy) is 1. The molecule has 2 aromatic rings. The fraction of sp³-hybridized carbons (Fsp3) is 0.538. The molecular formula is C13H18N4O. The minimum absolute atomic E-state index is 0.475. The zero-order valence-corrected chi connectivity index (χ0v) is 10.6. The molecule has 2 N–H and O–H groups in total. The van der Waals surface area contributed by atoms with E-state index in [9.17, 15) is 0 Å². The Morgan fingerprint density at radius 2 is 2.33 bits per heavy atom. The SMILES string of the molecule is CCOc1ccc2[nH]c(C3CCCNC3)nc2n1. The van der Waals surface area contributed by atoms with Gasteiger partial charge in [0.1, 0.15) is 5.82 Å². The molecule has 1 atom stereocenters. The maximum absolute atomic E-state index is 5.39. The maximum atomic E-state index is 5.39. The molecule has 0 spiro atoms. The molecule has 1 aliphatic rings. The summed E-state index contributed by atoms with van der Waals surface area (Å²) >= 11 is 0. The van der Waals surface area contributed by atoms with E-state index in [1.165, 1.54) is 12.8 Å². The summed E-state index contributed by atoms with van der Waals surface area (Å²) in [6.45, 7) is 4.69. The summed E-state index contributed by atoms with van der Waals surface area (Å²) in [7, 11) is 0. The van der Waals surface area contributed by atoms with Gasteiger partial charge >= 0.3 is 0 Å². The number of piperidine rings is 1. The van der Waals surface area contributed by atoms with Gasteiger partial charge in [0.2, 0.25) is 5.88 Å². The molecule has 1 fully saturated rings. The molecule has 3 heterocycles. The van der Waals surface area contributed by atoms with E-state index in [1.807, 2.05) is 19.1 Å². The molecule has 2 aromatic heterocycles. The summed E-state index contributed by atoms with van der Waals surface area (Å²) in [5.41, 5.74) is 1.74. The predicted octanol–water partition coefficient (Wildman–Crippen LogP) is 1.82. The van der Waals surface area contributed by atoms with Gasteiger partial charge < -0.3 is 15.0 Å². The number of pyridine rings is 1. The van der Waals surface area contributed by atoms with Crippen molar-refractivity contribution in [3.8, 4) is 5.88 Å². The lowest BCUT2D eigenvalue weighted by Gasteiger charge is -2.20. The Kier molecular flexibility index (Phi) is 3.15. The van der Waals surface area contributed by atoms with Crippen molar-refractivity contribution >= 4 is 11.2 Å². The van der Waals surface area contributed by atoms with Crippen LogP contribution in [-0.2, 0) is 0 Å². The van der Waals surface area contributed by atoms with E-state index in [0.717, 1.165) is 30.1 Å². The Balaban J connectivity index is 1.89. The molecule has 0 bridgehead atoms. The third-order valence-electron chi connectivity index (χ3n) is 3.31. The first kappa shape index (κ1) is 11.5. The van der Waals surface area contributed by atoms with Gasteiger partial charge in [-0.25, -0.2) is 4.98 Å². The molecule has 1 unspecified atom stereocenters. The molecule has 0 aliphatic carbocycles. The Labute approximate surface area is 106 Å². The van der Waals surface area contributed by atoms with Crippen LogP contribution in [0.1, 0.15) is 31.5 Å². The topological polar surface area (TPSA) is 62.8 Å². The highest BCUT2D eigenvalue weighted by atomic mass is 16.5. The molecule has 96 valence electrons. The number of H-pyrrole nitrogens is 1. The highest BCUT2D eigenvalue weighted by Crippen LogP contribution is 2.23. The standard InChI is InChI=1S/C13H18N4O/c1-2-18-11-6-5-10-13(16-11)17-12(15-10)9-4-3-7-14-8-9/h5-6,9,14H,2-4,7-8H2,1H3,(H,15,16,17). The fourth-order valence-electron chi connectivity index (χ4n) is 2.40. The van der Waals surface area contributed by atoms with Gasteiger partial charge in [0.25, 0.3) is 0 Å². The molecular weight excluding hydrogens is 228 g/mol. The van der Waals surface area contributed by atoms with Gasteiger partial charge in [0.15, 0.2) is 5.65 Å². The molecule has 3 rings (SSSR count). The van der Waals surface area contributed by atoms with Crippen LogP contribution in [0.15, 0.2) is 12.1 Å². The lowest BCUT2D eigenvalue weighted by atomic mass is 9.99. The number of rotatable bonds is 3. The van der Waals surface area contributed by atoms with Crippen molar-refractivity contribution in [2.75, 3.05) is 19.7 Å². The van der Waals surface area contributed by atoms with Gasteiger partial charge in [-0.2, -0.15) is 4.98 Å². The lowest BCUT2D eigenvalue weighted by Crippen LogP contribution is -2.28. The van der Waals surface area contributed by atoms with E-state index in [4.69, 9.17) is 4.74 Å². The number of nitrogens with zero attached hydrogens (tertiary/aromatic N) is 2. The molecule has 5 nitrogen and oxygen atoms in total.